The van der Waals surface area contributed by atoms with Gasteiger partial charge in [-0.1, -0.05) is 13.0 Å². The zero-order valence-corrected chi connectivity index (χ0v) is 12.7. The molecule has 1 saturated heterocycles. The number of aromatic nitrogens is 1. The molecule has 0 amide bonds. The van der Waals surface area contributed by atoms with Crippen molar-refractivity contribution in [2.24, 2.45) is 11.7 Å². The van der Waals surface area contributed by atoms with Crippen molar-refractivity contribution in [3.8, 4) is 0 Å². The van der Waals surface area contributed by atoms with E-state index < -0.39 is 0 Å². The van der Waals surface area contributed by atoms with Crippen LogP contribution >= 0.6 is 0 Å². The molecule has 4 heteroatoms. The number of hydrogen-bond acceptors (Lipinski definition) is 4. The van der Waals surface area contributed by atoms with E-state index in [0.29, 0.717) is 5.92 Å². The largest absolute Gasteiger partial charge is 0.384 e. The predicted molar refractivity (Wildman–Crippen MR) is 81.4 cm³/mol. The molecule has 1 aliphatic heterocycles. The molecule has 2 rings (SSSR count). The first-order valence-corrected chi connectivity index (χ1v) is 7.64. The molecule has 0 aliphatic carbocycles. The summed E-state index contributed by atoms with van der Waals surface area (Å²) in [7, 11) is 1.79. The highest BCUT2D eigenvalue weighted by Crippen LogP contribution is 2.29. The maximum Gasteiger partial charge on any atom is 0.0514 e. The van der Waals surface area contributed by atoms with Crippen LogP contribution in [0.4, 0.5) is 0 Å². The molecule has 0 aromatic carbocycles. The van der Waals surface area contributed by atoms with Gasteiger partial charge in [0.05, 0.1) is 6.04 Å². The van der Waals surface area contributed by atoms with Crippen LogP contribution in [0.5, 0.6) is 0 Å². The smallest absolute Gasteiger partial charge is 0.0514 e. The third kappa shape index (κ3) is 3.78. The quantitative estimate of drug-likeness (QED) is 0.866. The van der Waals surface area contributed by atoms with Gasteiger partial charge in [-0.25, -0.2) is 0 Å². The van der Waals surface area contributed by atoms with Crippen LogP contribution in [0, 0.1) is 5.92 Å². The number of nitrogens with two attached hydrogens (primary N) is 1. The molecular weight excluding hydrogens is 250 g/mol. The summed E-state index contributed by atoms with van der Waals surface area (Å²) in [6.07, 6.45) is 7.16. The van der Waals surface area contributed by atoms with E-state index in [1.807, 2.05) is 18.5 Å². The molecular formula is C16H27N3O. The Hall–Kier alpha value is -0.970. The average Bonchev–Trinajstić information content (AvgIpc) is 2.50. The monoisotopic (exact) mass is 277 g/mol. The first-order chi connectivity index (χ1) is 9.76. The Bertz CT molecular complexity index is 377. The number of ether oxygens (including phenoxy) is 1. The molecule has 112 valence electrons. The van der Waals surface area contributed by atoms with Gasteiger partial charge in [-0.3, -0.25) is 9.88 Å². The Labute approximate surface area is 122 Å². The van der Waals surface area contributed by atoms with Crippen LogP contribution in [0.15, 0.2) is 24.5 Å². The molecule has 0 saturated carbocycles. The summed E-state index contributed by atoms with van der Waals surface area (Å²) in [5.74, 6) is 0.698. The minimum Gasteiger partial charge on any atom is -0.384 e. The minimum absolute atomic E-state index is 0.165. The molecule has 4 nitrogen and oxygen atoms in total. The molecule has 0 spiro atoms. The fourth-order valence-corrected chi connectivity index (χ4v) is 3.14. The second-order valence-corrected chi connectivity index (χ2v) is 5.74. The third-order valence-corrected chi connectivity index (χ3v) is 4.35. The number of piperidine rings is 1. The van der Waals surface area contributed by atoms with Gasteiger partial charge in [0, 0.05) is 32.2 Å². The molecule has 2 unspecified atom stereocenters. The van der Waals surface area contributed by atoms with Crippen LogP contribution in [-0.2, 0) is 4.74 Å². The van der Waals surface area contributed by atoms with Gasteiger partial charge < -0.3 is 10.5 Å². The van der Waals surface area contributed by atoms with E-state index in [2.05, 4.69) is 22.9 Å². The van der Waals surface area contributed by atoms with E-state index in [0.717, 1.165) is 26.1 Å². The van der Waals surface area contributed by atoms with Gasteiger partial charge in [0.1, 0.15) is 0 Å². The molecule has 1 aliphatic rings. The fourth-order valence-electron chi connectivity index (χ4n) is 3.14. The Morgan fingerprint density at radius 3 is 2.75 bits per heavy atom. The summed E-state index contributed by atoms with van der Waals surface area (Å²) in [6, 6.07) is 4.60. The number of hydrogen-bond donors (Lipinski definition) is 1. The Morgan fingerprint density at radius 1 is 1.45 bits per heavy atom. The molecule has 0 bridgehead atoms. The normalized spacial score (nSPS) is 20.8. The number of rotatable bonds is 6. The van der Waals surface area contributed by atoms with Crippen LogP contribution in [0.3, 0.4) is 0 Å². The Balaban J connectivity index is 2.05. The maximum atomic E-state index is 6.38. The number of nitrogens with zero attached hydrogens (tertiary/aromatic N) is 2. The lowest BCUT2D eigenvalue weighted by Crippen LogP contribution is -2.45. The van der Waals surface area contributed by atoms with E-state index in [1.165, 1.54) is 18.4 Å². The highest BCUT2D eigenvalue weighted by Gasteiger charge is 2.29. The van der Waals surface area contributed by atoms with Gasteiger partial charge in [-0.2, -0.15) is 0 Å². The number of pyridine rings is 1. The van der Waals surface area contributed by atoms with Crippen LogP contribution in [-0.4, -0.2) is 42.7 Å². The Kier molecular flexibility index (Phi) is 5.95. The van der Waals surface area contributed by atoms with Crippen molar-refractivity contribution >= 4 is 0 Å². The van der Waals surface area contributed by atoms with Crippen LogP contribution < -0.4 is 5.73 Å². The highest BCUT2D eigenvalue weighted by atomic mass is 16.5. The van der Waals surface area contributed by atoms with Crippen molar-refractivity contribution in [3.05, 3.63) is 30.1 Å². The van der Waals surface area contributed by atoms with Crippen molar-refractivity contribution in [1.82, 2.24) is 9.88 Å². The van der Waals surface area contributed by atoms with E-state index in [4.69, 9.17) is 10.5 Å². The van der Waals surface area contributed by atoms with Crippen LogP contribution in [0.2, 0.25) is 0 Å². The summed E-state index contributed by atoms with van der Waals surface area (Å²) in [6.45, 7) is 5.24. The SMILES string of the molecule is CCC(N)C(c1cccnc1)N1CCC(COC)CC1. The second-order valence-electron chi connectivity index (χ2n) is 5.74. The minimum atomic E-state index is 0.165. The first kappa shape index (κ1) is 15.4. The molecule has 1 aromatic rings. The zero-order chi connectivity index (χ0) is 14.4. The van der Waals surface area contributed by atoms with Crippen LogP contribution in [0.1, 0.15) is 37.8 Å². The molecule has 20 heavy (non-hydrogen) atoms. The maximum absolute atomic E-state index is 6.38. The van der Waals surface area contributed by atoms with Crippen molar-refractivity contribution in [2.75, 3.05) is 26.8 Å². The summed E-state index contributed by atoms with van der Waals surface area (Å²) in [5, 5.41) is 0. The van der Waals surface area contributed by atoms with Crippen LogP contribution in [0.25, 0.3) is 0 Å². The standard InChI is InChI=1S/C16H27N3O/c1-3-15(17)16(14-5-4-8-18-11-14)19-9-6-13(7-10-19)12-20-2/h4-5,8,11,13,15-16H,3,6-7,9-10,12,17H2,1-2H3. The molecule has 1 aromatic heterocycles. The van der Waals surface area contributed by atoms with Gasteiger partial charge in [-0.15, -0.1) is 0 Å². The molecule has 2 heterocycles. The fraction of sp³-hybridized carbons (Fsp3) is 0.688. The topological polar surface area (TPSA) is 51.4 Å². The Morgan fingerprint density at radius 2 is 2.20 bits per heavy atom. The lowest BCUT2D eigenvalue weighted by Gasteiger charge is -2.40. The van der Waals surface area contributed by atoms with E-state index in [-0.39, 0.29) is 12.1 Å². The summed E-state index contributed by atoms with van der Waals surface area (Å²) >= 11 is 0. The van der Waals surface area contributed by atoms with Crippen molar-refractivity contribution in [2.45, 2.75) is 38.3 Å². The highest BCUT2D eigenvalue weighted by molar-refractivity contribution is 5.16. The molecule has 2 atom stereocenters. The first-order valence-electron chi connectivity index (χ1n) is 7.64. The summed E-state index contributed by atoms with van der Waals surface area (Å²) in [5.41, 5.74) is 7.62. The van der Waals surface area contributed by atoms with E-state index in [1.54, 1.807) is 7.11 Å². The van der Waals surface area contributed by atoms with Gasteiger partial charge >= 0.3 is 0 Å². The molecule has 0 radical (unpaired) electrons. The van der Waals surface area contributed by atoms with Gasteiger partial charge in [0.15, 0.2) is 0 Å². The van der Waals surface area contributed by atoms with Gasteiger partial charge in [0.25, 0.3) is 0 Å². The third-order valence-electron chi connectivity index (χ3n) is 4.35. The van der Waals surface area contributed by atoms with E-state index >= 15 is 0 Å². The second kappa shape index (κ2) is 7.72. The zero-order valence-electron chi connectivity index (χ0n) is 12.7. The van der Waals surface area contributed by atoms with Crippen molar-refractivity contribution in [1.29, 1.82) is 0 Å². The average molecular weight is 277 g/mol. The van der Waals surface area contributed by atoms with E-state index in [9.17, 15) is 0 Å². The van der Waals surface area contributed by atoms with Crippen molar-refractivity contribution in [3.63, 3.8) is 0 Å². The van der Waals surface area contributed by atoms with Gasteiger partial charge in [-0.05, 0) is 49.9 Å². The van der Waals surface area contributed by atoms with Gasteiger partial charge in [0.2, 0.25) is 0 Å². The van der Waals surface area contributed by atoms with Crippen molar-refractivity contribution < 1.29 is 4.74 Å². The lowest BCUT2D eigenvalue weighted by molar-refractivity contribution is 0.0714. The molecule has 1 fully saturated rings. The lowest BCUT2D eigenvalue weighted by atomic mass is 9.92. The number of likely N-dealkylation sites (tertiary alicyclic amines) is 1. The predicted octanol–water partition coefficient (Wildman–Crippen LogP) is 2.22. The summed E-state index contributed by atoms with van der Waals surface area (Å²) in [4.78, 5) is 6.78. The molecule has 2 N–H and O–H groups in total. The number of methoxy groups -OCH3 is 1. The summed E-state index contributed by atoms with van der Waals surface area (Å²) < 4.78 is 5.28.